The van der Waals surface area contributed by atoms with E-state index < -0.39 is 0 Å². The van der Waals surface area contributed by atoms with Crippen LogP contribution in [-0.2, 0) is 10.5 Å². The second-order valence-corrected chi connectivity index (χ2v) is 7.07. The van der Waals surface area contributed by atoms with Crippen LogP contribution in [0, 0.1) is 6.92 Å². The van der Waals surface area contributed by atoms with Crippen LogP contribution in [0.25, 0.3) is 0 Å². The zero-order chi connectivity index (χ0) is 17.6. The number of benzene rings is 2. The monoisotopic (exact) mass is 372 g/mol. The Morgan fingerprint density at radius 1 is 1.20 bits per heavy atom. The smallest absolute Gasteiger partial charge is 0.243 e. The lowest BCUT2D eigenvalue weighted by atomic mass is 10.1. The molecule has 1 amide bonds. The number of amides is 1. The zero-order valence-corrected chi connectivity index (χ0v) is 15.2. The number of carbonyl (C=O) groups excluding carboxylic acids is 1. The fourth-order valence-corrected chi connectivity index (χ4v) is 3.69. The first-order valence-electron chi connectivity index (χ1n) is 7.77. The topological polar surface area (TPSA) is 55.1 Å². The summed E-state index contributed by atoms with van der Waals surface area (Å²) in [5, 5.41) is 6.97. The molecule has 0 saturated carbocycles. The van der Waals surface area contributed by atoms with Crippen molar-refractivity contribution >= 4 is 35.1 Å². The Labute approximate surface area is 155 Å². The van der Waals surface area contributed by atoms with Gasteiger partial charge in [-0.05, 0) is 30.2 Å². The average Bonchev–Trinajstić information content (AvgIpc) is 3.01. The van der Waals surface area contributed by atoms with Gasteiger partial charge in [-0.15, -0.1) is 11.8 Å². The van der Waals surface area contributed by atoms with Crippen molar-refractivity contribution < 1.29 is 9.32 Å². The number of carbonyl (C=O) groups is 1. The molecule has 1 aromatic heterocycles. The molecular weight excluding hydrogens is 356 g/mol. The number of nitrogens with one attached hydrogen (secondary N) is 1. The summed E-state index contributed by atoms with van der Waals surface area (Å²) in [6.07, 6.45) is 0. The molecule has 4 nitrogen and oxygen atoms in total. The van der Waals surface area contributed by atoms with E-state index in [9.17, 15) is 4.79 Å². The lowest BCUT2D eigenvalue weighted by molar-refractivity contribution is -0.115. The quantitative estimate of drug-likeness (QED) is 0.642. The van der Waals surface area contributed by atoms with Crippen molar-refractivity contribution in [3.63, 3.8) is 0 Å². The Kier molecular flexibility index (Phi) is 5.79. The minimum absolute atomic E-state index is 0.133. The highest BCUT2D eigenvalue weighted by atomic mass is 35.5. The van der Waals surface area contributed by atoms with Gasteiger partial charge in [0.05, 0.1) is 0 Å². The number of thioether (sulfide) groups is 1. The Balaban J connectivity index is 1.76. The first-order valence-corrected chi connectivity index (χ1v) is 9.19. The van der Waals surface area contributed by atoms with Gasteiger partial charge in [0, 0.05) is 16.8 Å². The third kappa shape index (κ3) is 4.87. The van der Waals surface area contributed by atoms with Gasteiger partial charge in [-0.2, -0.15) is 0 Å². The van der Waals surface area contributed by atoms with Gasteiger partial charge in [0.1, 0.15) is 11.0 Å². The molecule has 1 N–H and O–H groups in total. The van der Waals surface area contributed by atoms with Gasteiger partial charge < -0.3 is 9.84 Å². The third-order valence-electron chi connectivity index (χ3n) is 3.53. The van der Waals surface area contributed by atoms with Crippen LogP contribution < -0.4 is 5.32 Å². The maximum absolute atomic E-state index is 12.8. The van der Waals surface area contributed by atoms with E-state index in [2.05, 4.69) is 10.5 Å². The fourth-order valence-electron chi connectivity index (χ4n) is 2.37. The van der Waals surface area contributed by atoms with E-state index in [4.69, 9.17) is 16.1 Å². The molecule has 0 saturated heterocycles. The van der Waals surface area contributed by atoms with Crippen molar-refractivity contribution in [1.82, 2.24) is 5.16 Å². The summed E-state index contributed by atoms with van der Waals surface area (Å²) in [5.74, 6) is 1.61. The van der Waals surface area contributed by atoms with Crippen LogP contribution in [0.4, 0.5) is 5.82 Å². The first-order chi connectivity index (χ1) is 12.1. The van der Waals surface area contributed by atoms with Crippen LogP contribution in [0.2, 0.25) is 5.02 Å². The Morgan fingerprint density at radius 2 is 2.00 bits per heavy atom. The summed E-state index contributed by atoms with van der Waals surface area (Å²) >= 11 is 7.58. The van der Waals surface area contributed by atoms with Gasteiger partial charge >= 0.3 is 0 Å². The van der Waals surface area contributed by atoms with Crippen molar-refractivity contribution in [2.45, 2.75) is 17.9 Å². The van der Waals surface area contributed by atoms with Crippen LogP contribution >= 0.6 is 23.4 Å². The maximum atomic E-state index is 12.8. The van der Waals surface area contributed by atoms with Gasteiger partial charge in [0.25, 0.3) is 0 Å². The molecule has 3 aromatic rings. The van der Waals surface area contributed by atoms with Crippen molar-refractivity contribution in [1.29, 1.82) is 0 Å². The predicted octanol–water partition coefficient (Wildman–Crippen LogP) is 5.25. The largest absolute Gasteiger partial charge is 0.360 e. The second kappa shape index (κ2) is 8.23. The Bertz CT molecular complexity index is 851. The number of nitrogens with zero attached hydrogens (tertiary/aromatic N) is 1. The van der Waals surface area contributed by atoms with Crippen LogP contribution in [-0.4, -0.2) is 11.1 Å². The van der Waals surface area contributed by atoms with Crippen LogP contribution in [0.15, 0.2) is 65.2 Å². The van der Waals surface area contributed by atoms with E-state index in [0.29, 0.717) is 22.4 Å². The highest BCUT2D eigenvalue weighted by Gasteiger charge is 2.22. The molecule has 3 rings (SSSR count). The van der Waals surface area contributed by atoms with Crippen molar-refractivity contribution in [2.24, 2.45) is 0 Å². The number of aromatic nitrogens is 1. The molecule has 128 valence electrons. The molecule has 0 aliphatic rings. The van der Waals surface area contributed by atoms with Gasteiger partial charge in [-0.1, -0.05) is 59.2 Å². The van der Waals surface area contributed by atoms with Gasteiger partial charge in [0.15, 0.2) is 5.82 Å². The van der Waals surface area contributed by atoms with Crippen molar-refractivity contribution in [3.8, 4) is 0 Å². The second-order valence-electron chi connectivity index (χ2n) is 5.54. The molecule has 0 aliphatic heterocycles. The zero-order valence-electron chi connectivity index (χ0n) is 13.6. The molecular formula is C19H17ClN2O2S. The number of hydrogen-bond donors (Lipinski definition) is 1. The summed E-state index contributed by atoms with van der Waals surface area (Å²) in [4.78, 5) is 12.8. The normalized spacial score (nSPS) is 11.9. The molecule has 0 aliphatic carbocycles. The summed E-state index contributed by atoms with van der Waals surface area (Å²) < 4.78 is 5.01. The fraction of sp³-hybridized carbons (Fsp3) is 0.158. The van der Waals surface area contributed by atoms with Crippen LogP contribution in [0.1, 0.15) is 22.1 Å². The molecule has 1 heterocycles. The molecule has 0 bridgehead atoms. The third-order valence-corrected chi connectivity index (χ3v) is 5.08. The molecule has 1 atom stereocenters. The standard InChI is InChI=1S/C19H17ClN2O2S/c1-13-10-17(22-24-13)21-19(23)18(15-7-3-2-4-8-15)25-12-14-6-5-9-16(20)11-14/h2-11,18H,12H2,1H3,(H,21,22,23)/t18-/m0/s1. The van der Waals surface area contributed by atoms with Crippen LogP contribution in [0.5, 0.6) is 0 Å². The van der Waals surface area contributed by atoms with E-state index in [1.807, 2.05) is 54.6 Å². The lowest BCUT2D eigenvalue weighted by Gasteiger charge is -2.16. The number of hydrogen-bond acceptors (Lipinski definition) is 4. The van der Waals surface area contributed by atoms with Crippen LogP contribution in [0.3, 0.4) is 0 Å². The molecule has 6 heteroatoms. The summed E-state index contributed by atoms with van der Waals surface area (Å²) in [7, 11) is 0. The number of halogens is 1. The first kappa shape index (κ1) is 17.6. The van der Waals surface area contributed by atoms with E-state index in [1.54, 1.807) is 24.8 Å². The minimum atomic E-state index is -0.364. The number of anilines is 1. The summed E-state index contributed by atoms with van der Waals surface area (Å²) in [6, 6.07) is 19.0. The summed E-state index contributed by atoms with van der Waals surface area (Å²) in [5.41, 5.74) is 2.01. The van der Waals surface area contributed by atoms with Gasteiger partial charge in [-0.25, -0.2) is 0 Å². The Morgan fingerprint density at radius 3 is 2.68 bits per heavy atom. The molecule has 0 fully saturated rings. The molecule has 2 aromatic carbocycles. The average molecular weight is 373 g/mol. The van der Waals surface area contributed by atoms with E-state index in [1.165, 1.54) is 0 Å². The van der Waals surface area contributed by atoms with E-state index in [-0.39, 0.29) is 11.2 Å². The Hall–Kier alpha value is -2.24. The highest BCUT2D eigenvalue weighted by molar-refractivity contribution is 7.99. The summed E-state index contributed by atoms with van der Waals surface area (Å²) in [6.45, 7) is 1.78. The predicted molar refractivity (Wildman–Crippen MR) is 102 cm³/mol. The molecule has 0 radical (unpaired) electrons. The van der Waals surface area contributed by atoms with Gasteiger partial charge in [-0.3, -0.25) is 4.79 Å². The maximum Gasteiger partial charge on any atom is 0.243 e. The highest BCUT2D eigenvalue weighted by Crippen LogP contribution is 2.33. The number of rotatable bonds is 6. The lowest BCUT2D eigenvalue weighted by Crippen LogP contribution is -2.19. The van der Waals surface area contributed by atoms with Gasteiger partial charge in [0.2, 0.25) is 5.91 Å². The SMILES string of the molecule is Cc1cc(NC(=O)[C@@H](SCc2cccc(Cl)c2)c2ccccc2)no1. The molecule has 0 spiro atoms. The number of aryl methyl sites for hydroxylation is 1. The molecule has 0 unspecified atom stereocenters. The van der Waals surface area contributed by atoms with E-state index in [0.717, 1.165) is 11.1 Å². The van der Waals surface area contributed by atoms with E-state index >= 15 is 0 Å². The minimum Gasteiger partial charge on any atom is -0.360 e. The van der Waals surface area contributed by atoms with Crippen molar-refractivity contribution in [3.05, 3.63) is 82.6 Å². The molecule has 25 heavy (non-hydrogen) atoms. The van der Waals surface area contributed by atoms with Crippen molar-refractivity contribution in [2.75, 3.05) is 5.32 Å².